The van der Waals surface area contributed by atoms with E-state index in [2.05, 4.69) is 25.2 Å². The standard InChI is InChI=1S/C15H25N3O2S/c1-12(2)18-11-15(8-14(18)9-16-4)21(19,20)17-7-5-6-13(3)10-17/h6,8,11-12,16H,5,7,9-10H2,1-4H3. The molecule has 5 nitrogen and oxygen atoms in total. The van der Waals surface area contributed by atoms with Crippen molar-refractivity contribution in [1.29, 1.82) is 0 Å². The Hall–Kier alpha value is -1.11. The first-order chi connectivity index (χ1) is 9.86. The first kappa shape index (κ1) is 16.3. The third-order valence-electron chi connectivity index (χ3n) is 3.76. The lowest BCUT2D eigenvalue weighted by Gasteiger charge is -2.24. The van der Waals surface area contributed by atoms with E-state index >= 15 is 0 Å². The van der Waals surface area contributed by atoms with E-state index in [1.165, 1.54) is 0 Å². The summed E-state index contributed by atoms with van der Waals surface area (Å²) < 4.78 is 29.2. The van der Waals surface area contributed by atoms with Crippen molar-refractivity contribution in [3.8, 4) is 0 Å². The lowest BCUT2D eigenvalue weighted by atomic mass is 10.2. The summed E-state index contributed by atoms with van der Waals surface area (Å²) in [6.07, 6.45) is 4.66. The van der Waals surface area contributed by atoms with E-state index in [9.17, 15) is 8.42 Å². The molecule has 0 unspecified atom stereocenters. The smallest absolute Gasteiger partial charge is 0.244 e. The first-order valence-corrected chi connectivity index (χ1v) is 8.81. The molecule has 1 aliphatic rings. The van der Waals surface area contributed by atoms with Gasteiger partial charge in [0, 0.05) is 37.6 Å². The van der Waals surface area contributed by atoms with Crippen LogP contribution in [0, 0.1) is 0 Å². The van der Waals surface area contributed by atoms with Gasteiger partial charge in [-0.3, -0.25) is 0 Å². The number of rotatable bonds is 5. The van der Waals surface area contributed by atoms with Crippen LogP contribution in [0.5, 0.6) is 0 Å². The van der Waals surface area contributed by atoms with Gasteiger partial charge in [0.15, 0.2) is 0 Å². The molecule has 0 saturated heterocycles. The molecule has 0 bridgehead atoms. The van der Waals surface area contributed by atoms with Crippen LogP contribution in [-0.2, 0) is 16.6 Å². The number of hydrogen-bond donors (Lipinski definition) is 1. The average molecular weight is 311 g/mol. The molecule has 0 aromatic carbocycles. The highest BCUT2D eigenvalue weighted by molar-refractivity contribution is 7.89. The van der Waals surface area contributed by atoms with E-state index in [0.29, 0.717) is 24.5 Å². The van der Waals surface area contributed by atoms with E-state index in [1.54, 1.807) is 16.6 Å². The van der Waals surface area contributed by atoms with Gasteiger partial charge in [0.25, 0.3) is 0 Å². The fourth-order valence-electron chi connectivity index (χ4n) is 2.67. The Labute approximate surface area is 127 Å². The van der Waals surface area contributed by atoms with Gasteiger partial charge in [-0.25, -0.2) is 8.42 Å². The normalized spacial score (nSPS) is 17.3. The van der Waals surface area contributed by atoms with E-state index in [1.807, 2.05) is 18.5 Å². The molecule has 0 amide bonds. The largest absolute Gasteiger partial charge is 0.346 e. The molecule has 2 heterocycles. The van der Waals surface area contributed by atoms with E-state index in [-0.39, 0.29) is 6.04 Å². The molecule has 1 aromatic rings. The molecule has 0 saturated carbocycles. The summed E-state index contributed by atoms with van der Waals surface area (Å²) in [5.74, 6) is 0. The Balaban J connectivity index is 2.36. The number of nitrogens with one attached hydrogen (secondary N) is 1. The summed E-state index contributed by atoms with van der Waals surface area (Å²) in [5, 5.41) is 3.09. The number of hydrogen-bond acceptors (Lipinski definition) is 3. The Morgan fingerprint density at radius 2 is 2.10 bits per heavy atom. The van der Waals surface area contributed by atoms with Crippen LogP contribution in [0.3, 0.4) is 0 Å². The van der Waals surface area contributed by atoms with Crippen LogP contribution in [0.25, 0.3) is 0 Å². The molecule has 1 aliphatic heterocycles. The van der Waals surface area contributed by atoms with Gasteiger partial charge >= 0.3 is 0 Å². The van der Waals surface area contributed by atoms with Gasteiger partial charge in [-0.1, -0.05) is 11.6 Å². The zero-order chi connectivity index (χ0) is 15.6. The monoisotopic (exact) mass is 311 g/mol. The van der Waals surface area contributed by atoms with Gasteiger partial charge in [0.05, 0.1) is 0 Å². The van der Waals surface area contributed by atoms with Crippen LogP contribution in [0.15, 0.2) is 28.8 Å². The first-order valence-electron chi connectivity index (χ1n) is 7.37. The number of nitrogens with zero attached hydrogens (tertiary/aromatic N) is 2. The Bertz CT molecular complexity index is 629. The van der Waals surface area contributed by atoms with Crippen LogP contribution in [0.2, 0.25) is 0 Å². The van der Waals surface area contributed by atoms with Crippen LogP contribution >= 0.6 is 0 Å². The molecule has 21 heavy (non-hydrogen) atoms. The van der Waals surface area contributed by atoms with Gasteiger partial charge in [-0.2, -0.15) is 4.31 Å². The zero-order valence-corrected chi connectivity index (χ0v) is 14.1. The third kappa shape index (κ3) is 3.39. The molecule has 0 spiro atoms. The third-order valence-corrected chi connectivity index (χ3v) is 5.57. The number of aromatic nitrogens is 1. The second kappa shape index (κ2) is 6.34. The van der Waals surface area contributed by atoms with Gasteiger partial charge < -0.3 is 9.88 Å². The van der Waals surface area contributed by atoms with E-state index in [0.717, 1.165) is 17.7 Å². The van der Waals surface area contributed by atoms with Crippen molar-refractivity contribution in [2.45, 2.75) is 44.7 Å². The van der Waals surface area contributed by atoms with Crippen molar-refractivity contribution >= 4 is 10.0 Å². The summed E-state index contributed by atoms with van der Waals surface area (Å²) in [6.45, 7) is 7.82. The average Bonchev–Trinajstić information content (AvgIpc) is 2.84. The lowest BCUT2D eigenvalue weighted by Crippen LogP contribution is -2.35. The van der Waals surface area contributed by atoms with Crippen LogP contribution in [-0.4, -0.2) is 37.4 Å². The molecule has 6 heteroatoms. The second-order valence-electron chi connectivity index (χ2n) is 5.88. The fraction of sp³-hybridized carbons (Fsp3) is 0.600. The topological polar surface area (TPSA) is 54.3 Å². The molecule has 1 aromatic heterocycles. The molecule has 0 radical (unpaired) electrons. The van der Waals surface area contributed by atoms with Gasteiger partial charge in [-0.15, -0.1) is 0 Å². The molecule has 2 rings (SSSR count). The minimum atomic E-state index is -3.40. The van der Waals surface area contributed by atoms with Crippen LogP contribution < -0.4 is 5.32 Å². The fourth-order valence-corrected chi connectivity index (χ4v) is 4.22. The van der Waals surface area contributed by atoms with E-state index in [4.69, 9.17) is 0 Å². The highest BCUT2D eigenvalue weighted by Gasteiger charge is 2.28. The maximum Gasteiger partial charge on any atom is 0.244 e. The summed E-state index contributed by atoms with van der Waals surface area (Å²) in [6, 6.07) is 2.03. The second-order valence-corrected chi connectivity index (χ2v) is 7.81. The SMILES string of the molecule is CNCc1cc(S(=O)(=O)N2CCC=C(C)C2)cn1C(C)C. The minimum absolute atomic E-state index is 0.236. The van der Waals surface area contributed by atoms with Gasteiger partial charge in [0.2, 0.25) is 10.0 Å². The molecule has 118 valence electrons. The van der Waals surface area contributed by atoms with Crippen molar-refractivity contribution in [3.05, 3.63) is 29.6 Å². The highest BCUT2D eigenvalue weighted by Crippen LogP contribution is 2.24. The Kier molecular flexibility index (Phi) is 4.91. The van der Waals surface area contributed by atoms with Crippen molar-refractivity contribution < 1.29 is 8.42 Å². The molecule has 1 N–H and O–H groups in total. The van der Waals surface area contributed by atoms with Gasteiger partial charge in [0.1, 0.15) is 4.90 Å². The highest BCUT2D eigenvalue weighted by atomic mass is 32.2. The number of sulfonamides is 1. The zero-order valence-electron chi connectivity index (χ0n) is 13.3. The van der Waals surface area contributed by atoms with Crippen molar-refractivity contribution in [2.24, 2.45) is 0 Å². The van der Waals surface area contributed by atoms with Crippen LogP contribution in [0.1, 0.15) is 38.9 Å². The van der Waals surface area contributed by atoms with Crippen molar-refractivity contribution in [1.82, 2.24) is 14.2 Å². The quantitative estimate of drug-likeness (QED) is 0.848. The Morgan fingerprint density at radius 3 is 2.67 bits per heavy atom. The molecular weight excluding hydrogens is 286 g/mol. The Morgan fingerprint density at radius 1 is 1.38 bits per heavy atom. The van der Waals surface area contributed by atoms with Crippen molar-refractivity contribution in [2.75, 3.05) is 20.1 Å². The van der Waals surface area contributed by atoms with E-state index < -0.39 is 10.0 Å². The summed E-state index contributed by atoms with van der Waals surface area (Å²) in [5.41, 5.74) is 2.11. The molecular formula is C15H25N3O2S. The molecule has 0 aliphatic carbocycles. The molecule has 0 atom stereocenters. The predicted octanol–water partition coefficient (Wildman–Crippen LogP) is 2.13. The maximum atomic E-state index is 12.8. The van der Waals surface area contributed by atoms with Gasteiger partial charge in [-0.05, 0) is 40.3 Å². The summed E-state index contributed by atoms with van der Waals surface area (Å²) in [4.78, 5) is 0.399. The summed E-state index contributed by atoms with van der Waals surface area (Å²) >= 11 is 0. The predicted molar refractivity (Wildman–Crippen MR) is 84.7 cm³/mol. The molecule has 0 fully saturated rings. The lowest BCUT2D eigenvalue weighted by molar-refractivity contribution is 0.427. The summed E-state index contributed by atoms with van der Waals surface area (Å²) in [7, 11) is -1.54. The maximum absolute atomic E-state index is 12.8. The minimum Gasteiger partial charge on any atom is -0.346 e. The van der Waals surface area contributed by atoms with Crippen LogP contribution in [0.4, 0.5) is 0 Å². The van der Waals surface area contributed by atoms with Crippen molar-refractivity contribution in [3.63, 3.8) is 0 Å².